The predicted molar refractivity (Wildman–Crippen MR) is 235 cm³/mol. The summed E-state index contributed by atoms with van der Waals surface area (Å²) < 4.78 is 62.2. The predicted octanol–water partition coefficient (Wildman–Crippen LogP) is 9.33. The number of nitrogens with one attached hydrogen (secondary N) is 1. The molecule has 0 atom stereocenters. The molecule has 17 heteroatoms. The number of rotatable bonds is 11. The Morgan fingerprint density at radius 3 is 1.58 bits per heavy atom. The third-order valence-electron chi connectivity index (χ3n) is 8.00. The van der Waals surface area contributed by atoms with E-state index in [0.717, 1.165) is 53.2 Å². The first-order chi connectivity index (χ1) is 26.8. The lowest BCUT2D eigenvalue weighted by Gasteiger charge is -2.22. The topological polar surface area (TPSA) is 162 Å². The van der Waals surface area contributed by atoms with Gasteiger partial charge in [0.15, 0.2) is 0 Å². The number of sulfonamides is 2. The largest absolute Gasteiger partial charge is 0.465 e. The summed E-state index contributed by atoms with van der Waals surface area (Å²) in [4.78, 5) is 31.6. The first kappa shape index (κ1) is 45.3. The van der Waals surface area contributed by atoms with E-state index < -0.39 is 26.0 Å². The van der Waals surface area contributed by atoms with Crippen LogP contribution in [0.25, 0.3) is 20.4 Å². The van der Waals surface area contributed by atoms with Crippen molar-refractivity contribution in [2.24, 2.45) is 0 Å². The van der Waals surface area contributed by atoms with Crippen molar-refractivity contribution in [3.63, 3.8) is 0 Å². The fourth-order valence-corrected chi connectivity index (χ4v) is 8.90. The Morgan fingerprint density at radius 1 is 0.702 bits per heavy atom. The number of alkyl halides is 1. The van der Waals surface area contributed by atoms with Crippen LogP contribution >= 0.6 is 38.6 Å². The fourth-order valence-electron chi connectivity index (χ4n) is 5.08. The van der Waals surface area contributed by atoms with Gasteiger partial charge in [0.2, 0.25) is 20.0 Å². The number of aromatic nitrogens is 2. The fraction of sp³-hybridized carbons (Fsp3) is 0.300. The number of methoxy groups -OCH3 is 2. The number of fused-ring (bicyclic) bond motifs is 2. The number of carbonyl (C=O) groups excluding carboxylic acids is 2. The Kier molecular flexibility index (Phi) is 15.8. The summed E-state index contributed by atoms with van der Waals surface area (Å²) in [6.45, 7) is 8.52. The van der Waals surface area contributed by atoms with Crippen molar-refractivity contribution in [3.8, 4) is 0 Å². The van der Waals surface area contributed by atoms with Gasteiger partial charge in [0.05, 0.1) is 86.2 Å². The number of hydrogen-bond donors (Lipinski definition) is 1. The molecule has 1 N–H and O–H groups in total. The van der Waals surface area contributed by atoms with Gasteiger partial charge in [-0.15, -0.1) is 22.7 Å². The van der Waals surface area contributed by atoms with Crippen LogP contribution in [0, 0.1) is 0 Å². The molecule has 0 aliphatic carbocycles. The van der Waals surface area contributed by atoms with Crippen LogP contribution in [0.5, 0.6) is 0 Å². The van der Waals surface area contributed by atoms with Gasteiger partial charge in [-0.2, -0.15) is 0 Å². The molecule has 0 unspecified atom stereocenters. The average molecular weight is 918 g/mol. The number of halogens is 1. The Morgan fingerprint density at radius 2 is 1.16 bits per heavy atom. The zero-order valence-electron chi connectivity index (χ0n) is 32.8. The summed E-state index contributed by atoms with van der Waals surface area (Å²) in [5.41, 5.74) is 5.87. The number of hydrogen-bond acceptors (Lipinski definition) is 12. The van der Waals surface area contributed by atoms with Gasteiger partial charge in [-0.25, -0.2) is 36.4 Å². The molecule has 0 saturated heterocycles. The minimum absolute atomic E-state index is 0.168. The van der Waals surface area contributed by atoms with Crippen LogP contribution in [0.1, 0.15) is 81.4 Å². The molecule has 2 heterocycles. The van der Waals surface area contributed by atoms with Crippen molar-refractivity contribution < 1.29 is 35.9 Å². The van der Waals surface area contributed by atoms with Crippen LogP contribution in [0.3, 0.4) is 0 Å². The van der Waals surface area contributed by atoms with Crippen molar-refractivity contribution in [1.82, 2.24) is 9.97 Å². The number of thiazole rings is 2. The first-order valence-electron chi connectivity index (χ1n) is 17.5. The highest BCUT2D eigenvalue weighted by atomic mass is 79.9. The smallest absolute Gasteiger partial charge is 0.337 e. The maximum Gasteiger partial charge on any atom is 0.337 e. The van der Waals surface area contributed by atoms with Crippen molar-refractivity contribution in [3.05, 3.63) is 117 Å². The highest BCUT2D eigenvalue weighted by Crippen LogP contribution is 2.32. The van der Waals surface area contributed by atoms with Gasteiger partial charge in [0.1, 0.15) is 0 Å². The second-order valence-electron chi connectivity index (χ2n) is 13.4. The Balaban J connectivity index is 0.000000210. The van der Waals surface area contributed by atoms with Gasteiger partial charge in [0.25, 0.3) is 0 Å². The molecule has 12 nitrogen and oxygen atoms in total. The van der Waals surface area contributed by atoms with E-state index in [4.69, 9.17) is 4.74 Å². The molecule has 2 aromatic heterocycles. The zero-order chi connectivity index (χ0) is 42.1. The van der Waals surface area contributed by atoms with E-state index in [9.17, 15) is 26.4 Å². The summed E-state index contributed by atoms with van der Waals surface area (Å²) in [5.74, 6) is -0.0156. The molecule has 0 radical (unpaired) electrons. The average Bonchev–Trinajstić information content (AvgIpc) is 3.81. The highest BCUT2D eigenvalue weighted by molar-refractivity contribution is 9.08. The van der Waals surface area contributed by atoms with Crippen LogP contribution in [-0.2, 0) is 41.4 Å². The van der Waals surface area contributed by atoms with Gasteiger partial charge in [0, 0.05) is 17.2 Å². The Bertz CT molecular complexity index is 2540. The molecule has 0 amide bonds. The third kappa shape index (κ3) is 13.0. The van der Waals surface area contributed by atoms with Crippen molar-refractivity contribution in [1.29, 1.82) is 0 Å². The van der Waals surface area contributed by atoms with E-state index in [1.807, 2.05) is 36.4 Å². The Labute approximate surface area is 350 Å². The molecule has 0 bridgehead atoms. The van der Waals surface area contributed by atoms with Crippen molar-refractivity contribution in [2.75, 3.05) is 35.8 Å². The SMILES string of the molecule is CC(C)c1nc2ccc(NS(C)(=O)=O)cc2s1.COC(=O)c1ccc(CBr)cc1.COC(=O)c1ccc(CN(c2ccc3nc(C(C)C)sc3c2)S(C)(=O)=O)cc1. The molecule has 0 spiro atoms. The molecule has 57 heavy (non-hydrogen) atoms. The maximum absolute atomic E-state index is 12.4. The van der Waals surface area contributed by atoms with Crippen molar-refractivity contribution in [2.45, 2.75) is 51.4 Å². The van der Waals surface area contributed by atoms with Crippen LogP contribution in [-0.4, -0.2) is 65.5 Å². The molecule has 304 valence electrons. The summed E-state index contributed by atoms with van der Waals surface area (Å²) in [6.07, 6.45) is 2.33. The van der Waals surface area contributed by atoms with E-state index in [1.165, 1.54) is 24.8 Å². The van der Waals surface area contributed by atoms with E-state index in [0.29, 0.717) is 34.3 Å². The van der Waals surface area contributed by atoms with Crippen LogP contribution in [0.15, 0.2) is 84.9 Å². The molecule has 0 saturated carbocycles. The zero-order valence-corrected chi connectivity index (χ0v) is 37.6. The first-order valence-corrected chi connectivity index (χ1v) is 24.0. The molecule has 6 aromatic rings. The second-order valence-corrected chi connectivity index (χ2v) is 19.7. The van der Waals surface area contributed by atoms with E-state index in [1.54, 1.807) is 71.2 Å². The summed E-state index contributed by atoms with van der Waals surface area (Å²) in [5, 5.41) is 2.89. The lowest BCUT2D eigenvalue weighted by Crippen LogP contribution is -2.29. The number of anilines is 2. The lowest BCUT2D eigenvalue weighted by atomic mass is 10.1. The van der Waals surface area contributed by atoms with Gasteiger partial charge in [-0.05, 0) is 71.8 Å². The van der Waals surface area contributed by atoms with E-state index in [2.05, 4.69) is 63.1 Å². The van der Waals surface area contributed by atoms with E-state index in [-0.39, 0.29) is 12.5 Å². The van der Waals surface area contributed by atoms with Crippen molar-refractivity contribution >= 4 is 102 Å². The minimum atomic E-state index is -3.50. The number of benzene rings is 4. The number of carbonyl (C=O) groups is 2. The molecular formula is C40H45BrN4O8S4. The standard InChI is InChI=1S/C20H22N2O4S2.C11H14N2O2S2.C9H9BrO2/c1-13(2)19-21-17-10-9-16(11-18(17)27-19)22(28(4,24)25)12-14-5-7-15(8-6-14)20(23)26-3;1-7(2)11-12-9-5-4-8(6-10(9)16-11)13-17(3,14)15;1-12-9(11)8-4-2-7(6-10)3-5-8/h5-11,13H,12H2,1-4H3;4-7,13H,1-3H3;2-5H,6H2,1H3. The maximum atomic E-state index is 12.4. The monoisotopic (exact) mass is 916 g/mol. The summed E-state index contributed by atoms with van der Waals surface area (Å²) in [6, 6.07) is 24.9. The third-order valence-corrected chi connectivity index (χ3v) is 13.0. The minimum Gasteiger partial charge on any atom is -0.465 e. The van der Waals surface area contributed by atoms with Gasteiger partial charge in [-0.1, -0.05) is 67.9 Å². The highest BCUT2D eigenvalue weighted by Gasteiger charge is 2.20. The normalized spacial score (nSPS) is 11.4. The van der Waals surface area contributed by atoms with Gasteiger partial charge < -0.3 is 9.47 Å². The molecule has 0 aliphatic heterocycles. The lowest BCUT2D eigenvalue weighted by molar-refractivity contribution is 0.0592. The van der Waals surface area contributed by atoms with Crippen LogP contribution in [0.2, 0.25) is 0 Å². The number of esters is 2. The quantitative estimate of drug-likeness (QED) is 0.0980. The molecule has 0 fully saturated rings. The second kappa shape index (κ2) is 19.8. The molecule has 4 aromatic carbocycles. The van der Waals surface area contributed by atoms with Crippen LogP contribution in [0.4, 0.5) is 11.4 Å². The molecule has 0 aliphatic rings. The molecular weight excluding hydrogens is 873 g/mol. The Hall–Kier alpha value is -4.42. The summed E-state index contributed by atoms with van der Waals surface area (Å²) in [7, 11) is -4.02. The molecule has 6 rings (SSSR count). The number of ether oxygens (including phenoxy) is 2. The van der Waals surface area contributed by atoms with Gasteiger partial charge in [-0.3, -0.25) is 9.03 Å². The van der Waals surface area contributed by atoms with Crippen LogP contribution < -0.4 is 9.03 Å². The van der Waals surface area contributed by atoms with E-state index >= 15 is 0 Å². The van der Waals surface area contributed by atoms with Gasteiger partial charge >= 0.3 is 11.9 Å². The number of nitrogens with zero attached hydrogens (tertiary/aromatic N) is 3. The summed E-state index contributed by atoms with van der Waals surface area (Å²) >= 11 is 6.50.